The first kappa shape index (κ1) is 13.1. The monoisotopic (exact) mass is 262 g/mol. The van der Waals surface area contributed by atoms with Gasteiger partial charge in [0.15, 0.2) is 0 Å². The van der Waals surface area contributed by atoms with Crippen molar-refractivity contribution in [1.82, 2.24) is 4.57 Å². The van der Waals surface area contributed by atoms with Crippen LogP contribution in [0.3, 0.4) is 0 Å². The van der Waals surface area contributed by atoms with Crippen molar-refractivity contribution in [2.45, 2.75) is 26.2 Å². The van der Waals surface area contributed by atoms with Crippen LogP contribution in [0.25, 0.3) is 10.9 Å². The minimum absolute atomic E-state index is 0.117. The van der Waals surface area contributed by atoms with Crippen LogP contribution >= 0.6 is 0 Å². The first-order valence-electron chi connectivity index (χ1n) is 5.75. The number of aromatic nitrogens is 1. The molecule has 1 heterocycles. The number of hydrogen-bond acceptors (Lipinski definition) is 3. The zero-order valence-electron chi connectivity index (χ0n) is 10.9. The molecule has 0 aliphatic rings. The molecule has 19 heavy (non-hydrogen) atoms. The van der Waals surface area contributed by atoms with Gasteiger partial charge in [0.2, 0.25) is 0 Å². The highest BCUT2D eigenvalue weighted by Crippen LogP contribution is 2.31. The van der Waals surface area contributed by atoms with Crippen molar-refractivity contribution in [3.05, 3.63) is 40.1 Å². The van der Waals surface area contributed by atoms with E-state index in [1.54, 1.807) is 12.1 Å². The zero-order valence-corrected chi connectivity index (χ0v) is 10.9. The number of fused-ring (bicyclic) bond motifs is 1. The molecule has 2 rings (SSSR count). The first-order chi connectivity index (χ1) is 8.71. The Labute approximate surface area is 109 Å². The highest BCUT2D eigenvalue weighted by molar-refractivity contribution is 5.91. The molecular weight excluding hydrogens is 248 g/mol. The van der Waals surface area contributed by atoms with Crippen molar-refractivity contribution in [1.29, 1.82) is 0 Å². The summed E-state index contributed by atoms with van der Waals surface area (Å²) in [5.74, 6) is 0. The Hall–Kier alpha value is -2.37. The summed E-state index contributed by atoms with van der Waals surface area (Å²) in [6.45, 7) is 5.69. The molecule has 0 aliphatic carbocycles. The smallest absolute Gasteiger partial charge is 0.416 e. The molecule has 1 aromatic carbocycles. The molecule has 0 radical (unpaired) electrons. The largest absolute Gasteiger partial charge is 0.464 e. The highest BCUT2D eigenvalue weighted by Gasteiger charge is 2.25. The van der Waals surface area contributed by atoms with Gasteiger partial charge in [0, 0.05) is 28.6 Å². The molecule has 0 saturated carbocycles. The van der Waals surface area contributed by atoms with Crippen molar-refractivity contribution in [3.8, 4) is 0 Å². The van der Waals surface area contributed by atoms with E-state index in [9.17, 15) is 20.0 Å². The van der Waals surface area contributed by atoms with Gasteiger partial charge < -0.3 is 5.11 Å². The fourth-order valence-corrected chi connectivity index (χ4v) is 2.06. The van der Waals surface area contributed by atoms with Crippen LogP contribution in [0.1, 0.15) is 26.5 Å². The fraction of sp³-hybridized carbons (Fsp3) is 0.308. The van der Waals surface area contributed by atoms with E-state index in [2.05, 4.69) is 0 Å². The van der Waals surface area contributed by atoms with Gasteiger partial charge in [0.25, 0.3) is 5.69 Å². The molecule has 1 N–H and O–H groups in total. The number of non-ortho nitro benzene ring substituents is 1. The van der Waals surface area contributed by atoms with Crippen LogP contribution in [0.2, 0.25) is 0 Å². The van der Waals surface area contributed by atoms with Crippen LogP contribution in [0.15, 0.2) is 24.3 Å². The van der Waals surface area contributed by atoms with Crippen LogP contribution in [0, 0.1) is 10.1 Å². The summed E-state index contributed by atoms with van der Waals surface area (Å²) in [5, 5.41) is 20.8. The Balaban J connectivity index is 2.83. The van der Waals surface area contributed by atoms with Crippen LogP contribution in [-0.4, -0.2) is 20.7 Å². The Bertz CT molecular complexity index is 680. The third-order valence-electron chi connectivity index (χ3n) is 2.96. The summed E-state index contributed by atoms with van der Waals surface area (Å²) in [6.07, 6.45) is -1.14. The number of nitro benzene ring substituents is 1. The van der Waals surface area contributed by atoms with Crippen LogP contribution in [0.4, 0.5) is 10.5 Å². The Morgan fingerprint density at radius 3 is 2.42 bits per heavy atom. The lowest BCUT2D eigenvalue weighted by Gasteiger charge is -2.19. The van der Waals surface area contributed by atoms with Crippen LogP contribution in [0.5, 0.6) is 0 Å². The molecule has 0 aliphatic heterocycles. The molecule has 0 saturated heterocycles. The lowest BCUT2D eigenvalue weighted by molar-refractivity contribution is -0.384. The number of nitro groups is 1. The number of benzene rings is 1. The molecular formula is C13H14N2O4. The first-order valence-corrected chi connectivity index (χ1v) is 5.75. The van der Waals surface area contributed by atoms with Gasteiger partial charge in [-0.05, 0) is 12.1 Å². The highest BCUT2D eigenvalue weighted by atomic mass is 16.6. The summed E-state index contributed by atoms with van der Waals surface area (Å²) in [4.78, 5) is 21.7. The molecule has 6 nitrogen and oxygen atoms in total. The average molecular weight is 262 g/mol. The predicted molar refractivity (Wildman–Crippen MR) is 70.7 cm³/mol. The van der Waals surface area contributed by atoms with Gasteiger partial charge in [-0.15, -0.1) is 0 Å². The van der Waals surface area contributed by atoms with Crippen molar-refractivity contribution in [2.75, 3.05) is 0 Å². The van der Waals surface area contributed by atoms with Crippen LogP contribution in [-0.2, 0) is 5.41 Å². The summed E-state index contributed by atoms with van der Waals surface area (Å²) in [5.41, 5.74) is 0.460. The third kappa shape index (κ3) is 2.16. The molecule has 0 unspecified atom stereocenters. The van der Waals surface area contributed by atoms with Gasteiger partial charge in [0.1, 0.15) is 0 Å². The summed E-state index contributed by atoms with van der Waals surface area (Å²) in [7, 11) is 0. The van der Waals surface area contributed by atoms with Gasteiger partial charge in [-0.3, -0.25) is 10.1 Å². The van der Waals surface area contributed by atoms with E-state index < -0.39 is 11.0 Å². The summed E-state index contributed by atoms with van der Waals surface area (Å²) < 4.78 is 1.11. The molecule has 0 amide bonds. The quantitative estimate of drug-likeness (QED) is 0.630. The van der Waals surface area contributed by atoms with E-state index in [-0.39, 0.29) is 11.1 Å². The number of carbonyl (C=O) groups is 1. The standard InChI is InChI=1S/C13H14N2O4/c1-13(2,3)11-6-8-4-5-9(15(18)19)7-10(8)14(11)12(16)17/h4-7H,1-3H3,(H,16,17). The number of nitrogens with zero attached hydrogens (tertiary/aromatic N) is 2. The maximum absolute atomic E-state index is 11.4. The van der Waals surface area contributed by atoms with E-state index in [1.807, 2.05) is 20.8 Å². The minimum atomic E-state index is -1.14. The van der Waals surface area contributed by atoms with Gasteiger partial charge in [-0.2, -0.15) is 0 Å². The lowest BCUT2D eigenvalue weighted by Crippen LogP contribution is -2.21. The van der Waals surface area contributed by atoms with Crippen molar-refractivity contribution in [2.24, 2.45) is 0 Å². The zero-order chi connectivity index (χ0) is 14.4. The summed E-state index contributed by atoms with van der Waals surface area (Å²) >= 11 is 0. The van der Waals surface area contributed by atoms with Crippen molar-refractivity contribution >= 4 is 22.7 Å². The van der Waals surface area contributed by atoms with Gasteiger partial charge in [-0.25, -0.2) is 9.36 Å². The maximum atomic E-state index is 11.4. The van der Waals surface area contributed by atoms with Crippen molar-refractivity contribution in [3.63, 3.8) is 0 Å². The van der Waals surface area contributed by atoms with Crippen molar-refractivity contribution < 1.29 is 14.8 Å². The second-order valence-corrected chi connectivity index (χ2v) is 5.40. The number of carboxylic acid groups (broad SMARTS) is 1. The second kappa shape index (κ2) is 4.08. The maximum Gasteiger partial charge on any atom is 0.416 e. The molecule has 6 heteroatoms. The van der Waals surface area contributed by atoms with E-state index in [0.717, 1.165) is 4.57 Å². The summed E-state index contributed by atoms with van der Waals surface area (Å²) in [6, 6.07) is 6.00. The lowest BCUT2D eigenvalue weighted by atomic mass is 9.92. The molecule has 1 aromatic heterocycles. The predicted octanol–water partition coefficient (Wildman–Crippen LogP) is 3.37. The van der Waals surface area contributed by atoms with E-state index in [0.29, 0.717) is 16.6 Å². The van der Waals surface area contributed by atoms with Crippen LogP contribution < -0.4 is 0 Å². The van der Waals surface area contributed by atoms with Gasteiger partial charge >= 0.3 is 6.09 Å². The topological polar surface area (TPSA) is 85.4 Å². The number of rotatable bonds is 1. The molecule has 0 bridgehead atoms. The van der Waals surface area contributed by atoms with E-state index in [1.165, 1.54) is 12.1 Å². The minimum Gasteiger partial charge on any atom is -0.464 e. The Kier molecular flexibility index (Phi) is 2.81. The van der Waals surface area contributed by atoms with E-state index in [4.69, 9.17) is 0 Å². The van der Waals surface area contributed by atoms with E-state index >= 15 is 0 Å². The third-order valence-corrected chi connectivity index (χ3v) is 2.96. The molecule has 2 aromatic rings. The Morgan fingerprint density at radius 2 is 1.95 bits per heavy atom. The molecule has 0 atom stereocenters. The molecule has 0 fully saturated rings. The SMILES string of the molecule is CC(C)(C)c1cc2ccc([N+](=O)[O-])cc2n1C(=O)O. The normalized spacial score (nSPS) is 11.7. The molecule has 100 valence electrons. The Morgan fingerprint density at radius 1 is 1.32 bits per heavy atom. The second-order valence-electron chi connectivity index (χ2n) is 5.40. The average Bonchev–Trinajstić information content (AvgIpc) is 2.66. The van der Waals surface area contributed by atoms with Gasteiger partial charge in [0.05, 0.1) is 10.4 Å². The van der Waals surface area contributed by atoms with Gasteiger partial charge in [-0.1, -0.05) is 20.8 Å². The fourth-order valence-electron chi connectivity index (χ4n) is 2.06. The molecule has 0 spiro atoms. The number of hydrogen-bond donors (Lipinski definition) is 1.